The molecular formula is C22H35FN2O. The Balaban J connectivity index is 1.74. The van der Waals surface area contributed by atoms with Crippen LogP contribution >= 0.6 is 0 Å². The fourth-order valence-electron chi connectivity index (χ4n) is 4.11. The highest BCUT2D eigenvalue weighted by atomic mass is 19.1. The zero-order chi connectivity index (χ0) is 18.9. The van der Waals surface area contributed by atoms with Crippen molar-refractivity contribution in [2.24, 2.45) is 5.92 Å². The molecule has 0 saturated heterocycles. The normalized spacial score (nSPS) is 20.3. The Hall–Kier alpha value is -1.42. The predicted octanol–water partition coefficient (Wildman–Crippen LogP) is 4.51. The summed E-state index contributed by atoms with van der Waals surface area (Å²) in [5, 5.41) is 0. The van der Waals surface area contributed by atoms with Gasteiger partial charge in [-0.2, -0.15) is 0 Å². The average Bonchev–Trinajstić information content (AvgIpc) is 2.63. The smallest absolute Gasteiger partial charge is 0.219 e. The van der Waals surface area contributed by atoms with Crippen LogP contribution in [0.25, 0.3) is 0 Å². The number of halogens is 1. The lowest BCUT2D eigenvalue weighted by Gasteiger charge is -2.36. The molecule has 1 aromatic rings. The molecule has 1 aromatic carbocycles. The quantitative estimate of drug-likeness (QED) is 0.645. The largest absolute Gasteiger partial charge is 0.343 e. The van der Waals surface area contributed by atoms with Crippen molar-refractivity contribution in [2.45, 2.75) is 64.8 Å². The Morgan fingerprint density at radius 1 is 1.12 bits per heavy atom. The number of aryl methyl sites for hydroxylation is 1. The van der Waals surface area contributed by atoms with E-state index >= 15 is 0 Å². The Morgan fingerprint density at radius 3 is 2.35 bits per heavy atom. The third-order valence-electron chi connectivity index (χ3n) is 5.77. The second kappa shape index (κ2) is 10.7. The lowest BCUT2D eigenvalue weighted by Crippen LogP contribution is -2.40. The summed E-state index contributed by atoms with van der Waals surface area (Å²) in [4.78, 5) is 16.1. The van der Waals surface area contributed by atoms with Crippen molar-refractivity contribution in [2.75, 3.05) is 26.7 Å². The fourth-order valence-corrected chi connectivity index (χ4v) is 4.11. The number of hydrogen-bond acceptors (Lipinski definition) is 2. The lowest BCUT2D eigenvalue weighted by atomic mass is 9.85. The minimum atomic E-state index is -0.160. The van der Waals surface area contributed by atoms with Crippen molar-refractivity contribution in [3.8, 4) is 0 Å². The van der Waals surface area contributed by atoms with Gasteiger partial charge in [0.15, 0.2) is 0 Å². The van der Waals surface area contributed by atoms with Crippen molar-refractivity contribution >= 4 is 5.91 Å². The first kappa shape index (κ1) is 20.9. The maximum Gasteiger partial charge on any atom is 0.219 e. The summed E-state index contributed by atoms with van der Waals surface area (Å²) in [5.74, 6) is 0.776. The van der Waals surface area contributed by atoms with Crippen LogP contribution < -0.4 is 0 Å². The molecule has 4 heteroatoms. The predicted molar refractivity (Wildman–Crippen MR) is 106 cm³/mol. The molecule has 1 aliphatic carbocycles. The Kier molecular flexibility index (Phi) is 8.56. The third kappa shape index (κ3) is 6.71. The highest BCUT2D eigenvalue weighted by Crippen LogP contribution is 2.28. The van der Waals surface area contributed by atoms with E-state index in [1.54, 1.807) is 19.1 Å². The van der Waals surface area contributed by atoms with Gasteiger partial charge in [0.1, 0.15) is 5.82 Å². The minimum Gasteiger partial charge on any atom is -0.343 e. The van der Waals surface area contributed by atoms with Crippen molar-refractivity contribution < 1.29 is 9.18 Å². The summed E-state index contributed by atoms with van der Waals surface area (Å²) in [6, 6.07) is 7.33. The van der Waals surface area contributed by atoms with E-state index in [4.69, 9.17) is 0 Å². The van der Waals surface area contributed by atoms with Crippen LogP contribution in [0.2, 0.25) is 0 Å². The topological polar surface area (TPSA) is 23.6 Å². The molecular weight excluding hydrogens is 327 g/mol. The summed E-state index contributed by atoms with van der Waals surface area (Å²) < 4.78 is 13.0. The molecule has 26 heavy (non-hydrogen) atoms. The van der Waals surface area contributed by atoms with Crippen LogP contribution in [-0.4, -0.2) is 48.4 Å². The molecule has 0 heterocycles. The lowest BCUT2D eigenvalue weighted by molar-refractivity contribution is -0.130. The average molecular weight is 363 g/mol. The monoisotopic (exact) mass is 362 g/mol. The number of nitrogens with zero attached hydrogens (tertiary/aromatic N) is 2. The van der Waals surface area contributed by atoms with Gasteiger partial charge in [0, 0.05) is 26.6 Å². The second-order valence-corrected chi connectivity index (χ2v) is 7.84. The second-order valence-electron chi connectivity index (χ2n) is 7.84. The molecule has 0 aliphatic heterocycles. The Labute approximate surface area is 158 Å². The summed E-state index contributed by atoms with van der Waals surface area (Å²) in [6.45, 7) is 7.34. The van der Waals surface area contributed by atoms with Gasteiger partial charge in [-0.1, -0.05) is 19.1 Å². The van der Waals surface area contributed by atoms with Crippen LogP contribution in [-0.2, 0) is 11.2 Å². The number of carbonyl (C=O) groups is 1. The maximum atomic E-state index is 13.0. The van der Waals surface area contributed by atoms with E-state index in [2.05, 4.69) is 11.8 Å². The van der Waals surface area contributed by atoms with Crippen LogP contribution in [0.15, 0.2) is 24.3 Å². The van der Waals surface area contributed by atoms with Gasteiger partial charge in [0.2, 0.25) is 5.91 Å². The number of carbonyl (C=O) groups excluding carboxylic acids is 1. The number of rotatable bonds is 9. The van der Waals surface area contributed by atoms with E-state index in [-0.39, 0.29) is 11.7 Å². The Bertz CT molecular complexity index is 538. The zero-order valence-corrected chi connectivity index (χ0v) is 16.7. The van der Waals surface area contributed by atoms with E-state index in [1.807, 2.05) is 24.1 Å². The van der Waals surface area contributed by atoms with Crippen LogP contribution in [0.3, 0.4) is 0 Å². The van der Waals surface area contributed by atoms with Gasteiger partial charge in [-0.25, -0.2) is 4.39 Å². The van der Waals surface area contributed by atoms with Crippen molar-refractivity contribution in [1.29, 1.82) is 0 Å². The molecule has 3 nitrogen and oxygen atoms in total. The summed E-state index contributed by atoms with van der Waals surface area (Å²) in [5.41, 5.74) is 1.22. The molecule has 0 aromatic heterocycles. The van der Waals surface area contributed by atoms with Crippen LogP contribution in [0.5, 0.6) is 0 Å². The molecule has 0 atom stereocenters. The fraction of sp³-hybridized carbons (Fsp3) is 0.682. The van der Waals surface area contributed by atoms with Gasteiger partial charge in [-0.3, -0.25) is 4.79 Å². The molecule has 0 spiro atoms. The van der Waals surface area contributed by atoms with Gasteiger partial charge in [-0.15, -0.1) is 0 Å². The van der Waals surface area contributed by atoms with Crippen LogP contribution in [0.4, 0.5) is 4.39 Å². The Morgan fingerprint density at radius 2 is 1.77 bits per heavy atom. The van der Waals surface area contributed by atoms with Gasteiger partial charge in [0.05, 0.1) is 0 Å². The maximum absolute atomic E-state index is 13.0. The molecule has 0 N–H and O–H groups in total. The van der Waals surface area contributed by atoms with Crippen molar-refractivity contribution in [1.82, 2.24) is 9.80 Å². The highest BCUT2D eigenvalue weighted by Gasteiger charge is 2.26. The van der Waals surface area contributed by atoms with E-state index in [1.165, 1.54) is 31.4 Å². The molecule has 1 aliphatic rings. The van der Waals surface area contributed by atoms with Gasteiger partial charge in [-0.05, 0) is 81.6 Å². The molecule has 146 valence electrons. The molecule has 2 rings (SSSR count). The number of amides is 1. The summed E-state index contributed by atoms with van der Waals surface area (Å²) in [7, 11) is 1.94. The number of hydrogen-bond donors (Lipinski definition) is 0. The van der Waals surface area contributed by atoms with E-state index in [0.29, 0.717) is 6.04 Å². The van der Waals surface area contributed by atoms with Crippen LogP contribution in [0, 0.1) is 11.7 Å². The van der Waals surface area contributed by atoms with Gasteiger partial charge in [0.25, 0.3) is 0 Å². The van der Waals surface area contributed by atoms with E-state index < -0.39 is 0 Å². The molecule has 0 unspecified atom stereocenters. The molecule has 1 amide bonds. The zero-order valence-electron chi connectivity index (χ0n) is 16.7. The summed E-state index contributed by atoms with van der Waals surface area (Å²) >= 11 is 0. The van der Waals surface area contributed by atoms with E-state index in [0.717, 1.165) is 44.7 Å². The first-order chi connectivity index (χ1) is 12.5. The first-order valence-electron chi connectivity index (χ1n) is 10.2. The molecule has 1 saturated carbocycles. The highest BCUT2D eigenvalue weighted by molar-refractivity contribution is 5.73. The van der Waals surface area contributed by atoms with Crippen molar-refractivity contribution in [3.05, 3.63) is 35.6 Å². The van der Waals surface area contributed by atoms with Gasteiger partial charge >= 0.3 is 0 Å². The number of benzene rings is 1. The summed E-state index contributed by atoms with van der Waals surface area (Å²) in [6.07, 6.45) is 8.02. The van der Waals surface area contributed by atoms with Crippen LogP contribution in [0.1, 0.15) is 57.9 Å². The third-order valence-corrected chi connectivity index (χ3v) is 5.77. The molecule has 0 bridgehead atoms. The molecule has 0 radical (unpaired) electrons. The SMILES string of the molecule is CCCN(CCCc1ccc(F)cc1)CC1CCC(N(C)C(C)=O)CC1. The molecule has 1 fully saturated rings. The minimum absolute atomic E-state index is 0.160. The van der Waals surface area contributed by atoms with Crippen molar-refractivity contribution in [3.63, 3.8) is 0 Å². The standard InChI is InChI=1S/C22H35FN2O/c1-4-15-25(16-5-6-19-7-11-21(23)12-8-19)17-20-9-13-22(14-10-20)24(3)18(2)26/h7-8,11-12,20,22H,4-6,9-10,13-17H2,1-3H3. The first-order valence-corrected chi connectivity index (χ1v) is 10.2. The van der Waals surface area contributed by atoms with E-state index in [9.17, 15) is 9.18 Å². The van der Waals surface area contributed by atoms with Gasteiger partial charge < -0.3 is 9.80 Å².